The van der Waals surface area contributed by atoms with Crippen LogP contribution in [0.1, 0.15) is 32.6 Å². The number of amides is 1. The minimum atomic E-state index is -0.335. The number of anilines is 1. The fourth-order valence-electron chi connectivity index (χ4n) is 2.83. The van der Waals surface area contributed by atoms with Crippen molar-refractivity contribution in [3.63, 3.8) is 0 Å². The van der Waals surface area contributed by atoms with E-state index in [0.717, 1.165) is 28.2 Å². The summed E-state index contributed by atoms with van der Waals surface area (Å²) in [5.74, 6) is 0.703. The molecule has 0 spiro atoms. The van der Waals surface area contributed by atoms with Gasteiger partial charge in [0.25, 0.3) is 0 Å². The van der Waals surface area contributed by atoms with Gasteiger partial charge < -0.3 is 10.6 Å². The first-order valence-electron chi connectivity index (χ1n) is 7.61. The molecule has 0 unspecified atom stereocenters. The Morgan fingerprint density at radius 1 is 1.32 bits per heavy atom. The summed E-state index contributed by atoms with van der Waals surface area (Å²) in [5, 5.41) is 7.21. The lowest BCUT2D eigenvalue weighted by Gasteiger charge is -2.18. The third-order valence-electron chi connectivity index (χ3n) is 4.06. The highest BCUT2D eigenvalue weighted by Crippen LogP contribution is 2.26. The summed E-state index contributed by atoms with van der Waals surface area (Å²) in [6, 6.07) is 5.81. The molecule has 6 heteroatoms. The molecule has 22 heavy (non-hydrogen) atoms. The van der Waals surface area contributed by atoms with E-state index in [0.29, 0.717) is 11.9 Å². The summed E-state index contributed by atoms with van der Waals surface area (Å²) < 4.78 is 0.915. The van der Waals surface area contributed by atoms with Crippen LogP contribution in [-0.2, 0) is 4.79 Å². The molecule has 0 aliphatic heterocycles. The molecule has 116 valence electrons. The van der Waals surface area contributed by atoms with E-state index in [1.54, 1.807) is 0 Å². The highest BCUT2D eigenvalue weighted by molar-refractivity contribution is 9.10. The van der Waals surface area contributed by atoms with Gasteiger partial charge >= 0.3 is 0 Å². The van der Waals surface area contributed by atoms with Crippen molar-refractivity contribution < 1.29 is 4.79 Å². The molecular weight excluding hydrogens is 344 g/mol. The average molecular weight is 363 g/mol. The maximum atomic E-state index is 12.3. The average Bonchev–Trinajstić information content (AvgIpc) is 3.01. The Labute approximate surface area is 138 Å². The SMILES string of the molecule is C[C@H](Nc1ncnc2c(Br)cccc12)C(=O)NC1CCCC1. The number of hydrogen-bond acceptors (Lipinski definition) is 4. The highest BCUT2D eigenvalue weighted by atomic mass is 79.9. The lowest BCUT2D eigenvalue weighted by Crippen LogP contribution is -2.42. The Balaban J connectivity index is 1.74. The molecule has 2 N–H and O–H groups in total. The van der Waals surface area contributed by atoms with E-state index >= 15 is 0 Å². The molecular formula is C16H19BrN4O. The van der Waals surface area contributed by atoms with Gasteiger partial charge in [0.2, 0.25) is 5.91 Å². The minimum absolute atomic E-state index is 0.0219. The summed E-state index contributed by atoms with van der Waals surface area (Å²) in [5.41, 5.74) is 0.836. The van der Waals surface area contributed by atoms with Crippen LogP contribution in [0.2, 0.25) is 0 Å². The van der Waals surface area contributed by atoms with Crippen molar-refractivity contribution >= 4 is 38.6 Å². The van der Waals surface area contributed by atoms with Gasteiger partial charge in [-0.3, -0.25) is 4.79 Å². The molecule has 1 fully saturated rings. The van der Waals surface area contributed by atoms with E-state index in [1.807, 2.05) is 25.1 Å². The number of nitrogens with one attached hydrogen (secondary N) is 2. The van der Waals surface area contributed by atoms with Gasteiger partial charge in [0.1, 0.15) is 18.2 Å². The number of nitrogens with zero attached hydrogens (tertiary/aromatic N) is 2. The molecule has 0 bridgehead atoms. The molecule has 1 aromatic heterocycles. The van der Waals surface area contributed by atoms with Crippen molar-refractivity contribution in [1.82, 2.24) is 15.3 Å². The topological polar surface area (TPSA) is 66.9 Å². The second-order valence-corrected chi connectivity index (χ2v) is 6.57. The molecule has 0 radical (unpaired) electrons. The highest BCUT2D eigenvalue weighted by Gasteiger charge is 2.21. The Kier molecular flexibility index (Phi) is 4.57. The van der Waals surface area contributed by atoms with Gasteiger partial charge in [-0.05, 0) is 47.8 Å². The predicted molar refractivity (Wildman–Crippen MR) is 90.7 cm³/mol. The van der Waals surface area contributed by atoms with Crippen LogP contribution >= 0.6 is 15.9 Å². The first kappa shape index (κ1) is 15.2. The quantitative estimate of drug-likeness (QED) is 0.875. The van der Waals surface area contributed by atoms with Crippen LogP contribution in [0.4, 0.5) is 5.82 Å². The van der Waals surface area contributed by atoms with Gasteiger partial charge in [-0.1, -0.05) is 18.9 Å². The monoisotopic (exact) mass is 362 g/mol. The van der Waals surface area contributed by atoms with Gasteiger partial charge in [0.05, 0.1) is 5.52 Å². The van der Waals surface area contributed by atoms with Crippen LogP contribution < -0.4 is 10.6 Å². The molecule has 1 amide bonds. The van der Waals surface area contributed by atoms with Crippen molar-refractivity contribution in [2.24, 2.45) is 0 Å². The summed E-state index contributed by atoms with van der Waals surface area (Å²) >= 11 is 3.49. The van der Waals surface area contributed by atoms with Crippen LogP contribution in [0.5, 0.6) is 0 Å². The van der Waals surface area contributed by atoms with E-state index in [2.05, 4.69) is 36.5 Å². The van der Waals surface area contributed by atoms with E-state index in [9.17, 15) is 4.79 Å². The van der Waals surface area contributed by atoms with Gasteiger partial charge in [0.15, 0.2) is 0 Å². The second kappa shape index (κ2) is 6.60. The van der Waals surface area contributed by atoms with Gasteiger partial charge in [0, 0.05) is 15.9 Å². The molecule has 1 atom stereocenters. The summed E-state index contributed by atoms with van der Waals surface area (Å²) in [6.07, 6.45) is 6.09. The number of aromatic nitrogens is 2. The number of para-hydroxylation sites is 1. The van der Waals surface area contributed by atoms with Crippen LogP contribution in [-0.4, -0.2) is 28.0 Å². The smallest absolute Gasteiger partial charge is 0.242 e. The van der Waals surface area contributed by atoms with Crippen LogP contribution in [0.25, 0.3) is 10.9 Å². The van der Waals surface area contributed by atoms with Crippen molar-refractivity contribution in [3.8, 4) is 0 Å². The van der Waals surface area contributed by atoms with Gasteiger partial charge in [-0.2, -0.15) is 0 Å². The number of rotatable bonds is 4. The first-order chi connectivity index (χ1) is 10.6. The Bertz CT molecular complexity index is 685. The fourth-order valence-corrected chi connectivity index (χ4v) is 3.30. The number of halogens is 1. The molecule has 1 saturated carbocycles. The van der Waals surface area contributed by atoms with Crippen molar-refractivity contribution in [2.75, 3.05) is 5.32 Å². The fraction of sp³-hybridized carbons (Fsp3) is 0.438. The van der Waals surface area contributed by atoms with Crippen molar-refractivity contribution in [1.29, 1.82) is 0 Å². The molecule has 1 aliphatic rings. The maximum absolute atomic E-state index is 12.3. The molecule has 1 heterocycles. The second-order valence-electron chi connectivity index (χ2n) is 5.71. The normalized spacial score (nSPS) is 16.6. The zero-order chi connectivity index (χ0) is 15.5. The Hall–Kier alpha value is -1.69. The Morgan fingerprint density at radius 2 is 2.09 bits per heavy atom. The molecule has 0 saturated heterocycles. The van der Waals surface area contributed by atoms with Crippen LogP contribution in [0.15, 0.2) is 29.0 Å². The molecule has 5 nitrogen and oxygen atoms in total. The lowest BCUT2D eigenvalue weighted by molar-refractivity contribution is -0.122. The number of benzene rings is 1. The molecule has 1 aliphatic carbocycles. The van der Waals surface area contributed by atoms with Crippen LogP contribution in [0, 0.1) is 0 Å². The largest absolute Gasteiger partial charge is 0.358 e. The van der Waals surface area contributed by atoms with E-state index in [4.69, 9.17) is 0 Å². The van der Waals surface area contributed by atoms with Crippen molar-refractivity contribution in [3.05, 3.63) is 29.0 Å². The summed E-state index contributed by atoms with van der Waals surface area (Å²) in [6.45, 7) is 1.86. The third kappa shape index (κ3) is 3.21. The number of carbonyl (C=O) groups is 1. The predicted octanol–water partition coefficient (Wildman–Crippen LogP) is 3.25. The summed E-state index contributed by atoms with van der Waals surface area (Å²) in [7, 11) is 0. The van der Waals surface area contributed by atoms with E-state index in [-0.39, 0.29) is 11.9 Å². The van der Waals surface area contributed by atoms with Crippen molar-refractivity contribution in [2.45, 2.75) is 44.7 Å². The Morgan fingerprint density at radius 3 is 2.86 bits per heavy atom. The number of carbonyl (C=O) groups excluding carboxylic acids is 1. The first-order valence-corrected chi connectivity index (χ1v) is 8.40. The lowest BCUT2D eigenvalue weighted by atomic mass is 10.2. The van der Waals surface area contributed by atoms with E-state index in [1.165, 1.54) is 19.2 Å². The molecule has 3 rings (SSSR count). The maximum Gasteiger partial charge on any atom is 0.242 e. The standard InChI is InChI=1S/C16H19BrN4O/c1-10(16(22)21-11-5-2-3-6-11)20-15-12-7-4-8-13(17)14(12)18-9-19-15/h4,7-11H,2-3,5-6H2,1H3,(H,21,22)(H,18,19,20)/t10-/m0/s1. The van der Waals surface area contributed by atoms with E-state index < -0.39 is 0 Å². The van der Waals surface area contributed by atoms with Gasteiger partial charge in [-0.25, -0.2) is 9.97 Å². The zero-order valence-corrected chi connectivity index (χ0v) is 14.1. The van der Waals surface area contributed by atoms with Crippen LogP contribution in [0.3, 0.4) is 0 Å². The zero-order valence-electron chi connectivity index (χ0n) is 12.5. The minimum Gasteiger partial charge on any atom is -0.358 e. The number of hydrogen-bond donors (Lipinski definition) is 2. The number of fused-ring (bicyclic) bond motifs is 1. The molecule has 1 aromatic carbocycles. The summed E-state index contributed by atoms with van der Waals surface area (Å²) in [4.78, 5) is 20.8. The van der Waals surface area contributed by atoms with Gasteiger partial charge in [-0.15, -0.1) is 0 Å². The molecule has 2 aromatic rings. The third-order valence-corrected chi connectivity index (χ3v) is 4.70.